The van der Waals surface area contributed by atoms with E-state index in [2.05, 4.69) is 10.1 Å². The summed E-state index contributed by atoms with van der Waals surface area (Å²) in [6, 6.07) is 13.9. The minimum absolute atomic E-state index is 0.108. The van der Waals surface area contributed by atoms with Gasteiger partial charge < -0.3 is 4.74 Å². The lowest BCUT2D eigenvalue weighted by atomic mass is 9.85. The summed E-state index contributed by atoms with van der Waals surface area (Å²) >= 11 is 0. The number of amides is 2. The van der Waals surface area contributed by atoms with Gasteiger partial charge in [0.05, 0.1) is 23.0 Å². The van der Waals surface area contributed by atoms with E-state index in [1.807, 2.05) is 42.5 Å². The van der Waals surface area contributed by atoms with Gasteiger partial charge >= 0.3 is 0 Å². The zero-order valence-corrected chi connectivity index (χ0v) is 17.8. The second-order valence-electron chi connectivity index (χ2n) is 8.65. The van der Waals surface area contributed by atoms with Crippen LogP contribution < -0.4 is 4.74 Å². The van der Waals surface area contributed by atoms with Crippen LogP contribution in [0.5, 0.6) is 11.6 Å². The Balaban J connectivity index is 1.35. The van der Waals surface area contributed by atoms with Crippen molar-refractivity contribution < 1.29 is 19.2 Å². The maximum Gasteiger partial charge on any atom is 0.287 e. The van der Waals surface area contributed by atoms with Crippen molar-refractivity contribution >= 4 is 34.5 Å². The summed E-state index contributed by atoms with van der Waals surface area (Å²) in [7, 11) is 0. The van der Waals surface area contributed by atoms with Crippen molar-refractivity contribution in [1.82, 2.24) is 9.99 Å². The van der Waals surface area contributed by atoms with E-state index in [1.54, 1.807) is 6.07 Å². The first-order chi connectivity index (χ1) is 16.5. The lowest BCUT2D eigenvalue weighted by molar-refractivity contribution is -0.385. The highest BCUT2D eigenvalue weighted by Gasteiger charge is 2.59. The molecule has 0 unspecified atom stereocenters. The first kappa shape index (κ1) is 20.2. The summed E-state index contributed by atoms with van der Waals surface area (Å²) in [5.74, 6) is -0.399. The lowest BCUT2D eigenvalue weighted by Gasteiger charge is -2.13. The van der Waals surface area contributed by atoms with Gasteiger partial charge in [-0.2, -0.15) is 10.1 Å². The number of hydrazone groups is 1. The Morgan fingerprint density at radius 3 is 2.44 bits per heavy atom. The van der Waals surface area contributed by atoms with Gasteiger partial charge in [0.2, 0.25) is 5.88 Å². The van der Waals surface area contributed by atoms with Gasteiger partial charge in [-0.05, 0) is 35.1 Å². The number of benzene rings is 2. The van der Waals surface area contributed by atoms with Crippen molar-refractivity contribution in [2.45, 2.75) is 6.42 Å². The Kier molecular flexibility index (Phi) is 4.51. The van der Waals surface area contributed by atoms with Crippen LogP contribution in [0.1, 0.15) is 12.0 Å². The lowest BCUT2D eigenvalue weighted by Crippen LogP contribution is -2.28. The Labute approximate surface area is 193 Å². The molecule has 3 aliphatic rings. The molecule has 4 atom stereocenters. The highest BCUT2D eigenvalue weighted by atomic mass is 16.6. The summed E-state index contributed by atoms with van der Waals surface area (Å²) < 4.78 is 5.92. The molecule has 9 heteroatoms. The molecule has 2 aromatic carbocycles. The van der Waals surface area contributed by atoms with Crippen molar-refractivity contribution in [3.63, 3.8) is 0 Å². The van der Waals surface area contributed by atoms with Gasteiger partial charge in [-0.25, -0.2) is 4.98 Å². The molecule has 1 saturated heterocycles. The molecule has 1 aromatic heterocycles. The van der Waals surface area contributed by atoms with Crippen LogP contribution in [0.4, 0.5) is 5.69 Å². The quantitative estimate of drug-likeness (QED) is 0.189. The number of imide groups is 1. The number of carbonyl (C=O) groups excluding carboxylic acids is 2. The molecule has 6 rings (SSSR count). The summed E-state index contributed by atoms with van der Waals surface area (Å²) in [6.45, 7) is 0. The highest BCUT2D eigenvalue weighted by molar-refractivity contribution is 6.08. The first-order valence-corrected chi connectivity index (χ1v) is 10.9. The number of fused-ring (bicyclic) bond motifs is 6. The van der Waals surface area contributed by atoms with Gasteiger partial charge in [-0.3, -0.25) is 19.7 Å². The summed E-state index contributed by atoms with van der Waals surface area (Å²) in [4.78, 5) is 40.4. The Hall–Kier alpha value is -4.40. The topological polar surface area (TPSA) is 115 Å². The van der Waals surface area contributed by atoms with Gasteiger partial charge in [0.15, 0.2) is 0 Å². The monoisotopic (exact) mass is 454 g/mol. The molecular formula is C25H18N4O5. The molecule has 0 N–H and O–H groups in total. The van der Waals surface area contributed by atoms with E-state index < -0.39 is 4.92 Å². The number of nitrogens with zero attached hydrogens (tertiary/aromatic N) is 4. The molecule has 168 valence electrons. The Morgan fingerprint density at radius 2 is 1.76 bits per heavy atom. The first-order valence-electron chi connectivity index (χ1n) is 10.9. The predicted molar refractivity (Wildman–Crippen MR) is 122 cm³/mol. The largest absolute Gasteiger partial charge is 0.438 e. The number of aromatic nitrogens is 1. The van der Waals surface area contributed by atoms with Crippen molar-refractivity contribution in [2.24, 2.45) is 28.8 Å². The number of ether oxygens (including phenoxy) is 1. The molecule has 2 bridgehead atoms. The number of allylic oxidation sites excluding steroid dienone is 2. The van der Waals surface area contributed by atoms with Crippen LogP contribution in [0.3, 0.4) is 0 Å². The highest BCUT2D eigenvalue weighted by Crippen LogP contribution is 2.52. The van der Waals surface area contributed by atoms with Crippen LogP contribution in [0.2, 0.25) is 0 Å². The third kappa shape index (κ3) is 3.08. The van der Waals surface area contributed by atoms with E-state index in [0.29, 0.717) is 11.3 Å². The van der Waals surface area contributed by atoms with Crippen LogP contribution in [0.25, 0.3) is 10.8 Å². The average Bonchev–Trinajstić information content (AvgIpc) is 3.53. The second kappa shape index (κ2) is 7.58. The zero-order valence-electron chi connectivity index (χ0n) is 17.8. The molecular weight excluding hydrogens is 436 g/mol. The maximum absolute atomic E-state index is 13.0. The van der Waals surface area contributed by atoms with Crippen molar-refractivity contribution in [3.05, 3.63) is 82.6 Å². The van der Waals surface area contributed by atoms with E-state index >= 15 is 0 Å². The van der Waals surface area contributed by atoms with Crippen molar-refractivity contribution in [3.8, 4) is 11.6 Å². The van der Waals surface area contributed by atoms with Crippen molar-refractivity contribution in [2.75, 3.05) is 0 Å². The Morgan fingerprint density at radius 1 is 1.03 bits per heavy atom. The fourth-order valence-electron chi connectivity index (χ4n) is 5.27. The number of pyridine rings is 1. The van der Waals surface area contributed by atoms with E-state index in [1.165, 1.54) is 18.3 Å². The van der Waals surface area contributed by atoms with Crippen LogP contribution in [0, 0.1) is 33.8 Å². The number of hydrogen-bond acceptors (Lipinski definition) is 7. The SMILES string of the molecule is O=C1[C@@H]2[C@H](C(=O)N1N=Cc1c(Oc3ccc([N+](=O)[O-])cn3)ccc3ccccc13)[C@H]1C=C[C@H]2C1. The summed E-state index contributed by atoms with van der Waals surface area (Å²) in [6.07, 6.45) is 7.52. The summed E-state index contributed by atoms with van der Waals surface area (Å²) in [5.41, 5.74) is 0.421. The fraction of sp³-hybridized carbons (Fsp3) is 0.200. The molecule has 1 aliphatic heterocycles. The average molecular weight is 454 g/mol. The molecule has 2 fully saturated rings. The number of hydrogen-bond donors (Lipinski definition) is 0. The standard InChI is InChI=1S/C25H18N4O5/c30-24-22-15-5-6-16(11-15)23(22)25(31)28(24)27-13-19-18-4-2-1-3-14(18)7-9-20(19)34-21-10-8-17(12-26-21)29(32)33/h1-10,12-13,15-16,22-23H,11H2/t15-,16-,22-,23+/m0/s1. The molecule has 9 nitrogen and oxygen atoms in total. The normalized spacial score (nSPS) is 25.0. The number of nitro groups is 1. The molecule has 2 aliphatic carbocycles. The molecule has 3 aromatic rings. The van der Waals surface area contributed by atoms with Gasteiger partial charge in [0.25, 0.3) is 17.5 Å². The second-order valence-corrected chi connectivity index (χ2v) is 8.65. The van der Waals surface area contributed by atoms with Crippen molar-refractivity contribution in [1.29, 1.82) is 0 Å². The van der Waals surface area contributed by atoms with Gasteiger partial charge in [0.1, 0.15) is 11.9 Å². The smallest absolute Gasteiger partial charge is 0.287 e. The van der Waals surface area contributed by atoms with E-state index in [0.717, 1.165) is 28.4 Å². The van der Waals surface area contributed by atoms with Crippen LogP contribution in [-0.4, -0.2) is 32.9 Å². The van der Waals surface area contributed by atoms with Crippen LogP contribution in [0.15, 0.2) is 72.0 Å². The molecule has 2 amide bonds. The minimum Gasteiger partial charge on any atom is -0.438 e. The molecule has 1 saturated carbocycles. The van der Waals surface area contributed by atoms with E-state index in [-0.39, 0.29) is 47.1 Å². The maximum atomic E-state index is 13.0. The van der Waals surface area contributed by atoms with Gasteiger partial charge in [-0.1, -0.05) is 42.5 Å². The van der Waals surface area contributed by atoms with Crippen LogP contribution in [-0.2, 0) is 9.59 Å². The fourth-order valence-corrected chi connectivity index (χ4v) is 5.27. The summed E-state index contributed by atoms with van der Waals surface area (Å²) in [5, 5.41) is 17.9. The molecule has 0 radical (unpaired) electrons. The predicted octanol–water partition coefficient (Wildman–Crippen LogP) is 4.08. The zero-order chi connectivity index (χ0) is 23.4. The van der Waals surface area contributed by atoms with Crippen LogP contribution >= 0.6 is 0 Å². The van der Waals surface area contributed by atoms with E-state index in [4.69, 9.17) is 4.74 Å². The van der Waals surface area contributed by atoms with E-state index in [9.17, 15) is 19.7 Å². The minimum atomic E-state index is -0.536. The molecule has 2 heterocycles. The number of rotatable bonds is 5. The Bertz CT molecular complexity index is 1380. The third-order valence-corrected chi connectivity index (χ3v) is 6.83. The molecule has 34 heavy (non-hydrogen) atoms. The van der Waals surface area contributed by atoms with Gasteiger partial charge in [-0.15, -0.1) is 0 Å². The third-order valence-electron chi connectivity index (χ3n) is 6.83. The number of carbonyl (C=O) groups is 2. The molecule has 0 spiro atoms. The van der Waals surface area contributed by atoms with Gasteiger partial charge in [0, 0.05) is 17.7 Å².